The normalized spacial score (nSPS) is 10.8. The van der Waals surface area contributed by atoms with E-state index in [0.717, 1.165) is 24.2 Å². The van der Waals surface area contributed by atoms with Crippen LogP contribution in [0.4, 0.5) is 0 Å². The van der Waals surface area contributed by atoms with Crippen LogP contribution in [0.5, 0.6) is 0 Å². The van der Waals surface area contributed by atoms with Crippen LogP contribution in [0, 0.1) is 13.8 Å². The van der Waals surface area contributed by atoms with Crippen molar-refractivity contribution in [3.8, 4) is 5.69 Å². The molecule has 4 nitrogen and oxygen atoms in total. The molecule has 0 atom stereocenters. The average Bonchev–Trinajstić information content (AvgIpc) is 2.78. The van der Waals surface area contributed by atoms with Crippen molar-refractivity contribution in [2.45, 2.75) is 26.7 Å². The summed E-state index contributed by atoms with van der Waals surface area (Å²) in [4.78, 5) is 0. The SMILES string of the molecule is Cc1ccc(C)c(-n2cc(CCCN)nn2)c1. The van der Waals surface area contributed by atoms with Gasteiger partial charge in [-0.3, -0.25) is 0 Å². The summed E-state index contributed by atoms with van der Waals surface area (Å²) in [6, 6.07) is 6.33. The standard InChI is InChI=1S/C13H18N4/c1-10-5-6-11(2)13(8-10)17-9-12(15-16-17)4-3-7-14/h5-6,8-9H,3-4,7,14H2,1-2H3. The molecule has 0 radical (unpaired) electrons. The second-order valence-corrected chi connectivity index (χ2v) is 4.34. The molecule has 0 spiro atoms. The first-order valence-corrected chi connectivity index (χ1v) is 5.89. The third-order valence-corrected chi connectivity index (χ3v) is 2.79. The van der Waals surface area contributed by atoms with E-state index in [0.29, 0.717) is 6.54 Å². The van der Waals surface area contributed by atoms with Crippen LogP contribution in [0.15, 0.2) is 24.4 Å². The van der Waals surface area contributed by atoms with Gasteiger partial charge in [-0.1, -0.05) is 17.3 Å². The van der Waals surface area contributed by atoms with Crippen molar-refractivity contribution in [1.82, 2.24) is 15.0 Å². The summed E-state index contributed by atoms with van der Waals surface area (Å²) in [5, 5.41) is 8.33. The summed E-state index contributed by atoms with van der Waals surface area (Å²) < 4.78 is 1.84. The smallest absolute Gasteiger partial charge is 0.0832 e. The molecule has 0 aliphatic heterocycles. The lowest BCUT2D eigenvalue weighted by Gasteiger charge is -2.05. The maximum atomic E-state index is 5.48. The van der Waals surface area contributed by atoms with Gasteiger partial charge in [0.15, 0.2) is 0 Å². The predicted molar refractivity (Wildman–Crippen MR) is 68.2 cm³/mol. The van der Waals surface area contributed by atoms with Gasteiger partial charge in [-0.25, -0.2) is 4.68 Å². The summed E-state index contributed by atoms with van der Waals surface area (Å²) in [5.41, 5.74) is 10.0. The average molecular weight is 230 g/mol. The molecule has 0 fully saturated rings. The molecule has 0 aliphatic carbocycles. The van der Waals surface area contributed by atoms with E-state index in [-0.39, 0.29) is 0 Å². The second kappa shape index (κ2) is 5.10. The van der Waals surface area contributed by atoms with Gasteiger partial charge in [0, 0.05) is 0 Å². The Kier molecular flexibility index (Phi) is 3.54. The lowest BCUT2D eigenvalue weighted by atomic mass is 10.1. The van der Waals surface area contributed by atoms with Crippen molar-refractivity contribution in [1.29, 1.82) is 0 Å². The van der Waals surface area contributed by atoms with E-state index in [1.807, 2.05) is 10.9 Å². The van der Waals surface area contributed by atoms with Crippen molar-refractivity contribution in [2.24, 2.45) is 5.73 Å². The minimum absolute atomic E-state index is 0.691. The van der Waals surface area contributed by atoms with E-state index in [1.165, 1.54) is 11.1 Å². The molecule has 90 valence electrons. The summed E-state index contributed by atoms with van der Waals surface area (Å²) >= 11 is 0. The number of hydrogen-bond acceptors (Lipinski definition) is 3. The quantitative estimate of drug-likeness (QED) is 0.871. The number of nitrogens with zero attached hydrogens (tertiary/aromatic N) is 3. The minimum atomic E-state index is 0.691. The van der Waals surface area contributed by atoms with Gasteiger partial charge in [0.1, 0.15) is 0 Å². The molecule has 1 aromatic heterocycles. The van der Waals surface area contributed by atoms with Crippen molar-refractivity contribution in [2.75, 3.05) is 6.54 Å². The zero-order chi connectivity index (χ0) is 12.3. The van der Waals surface area contributed by atoms with Gasteiger partial charge in [-0.2, -0.15) is 0 Å². The van der Waals surface area contributed by atoms with Crippen molar-refractivity contribution in [3.63, 3.8) is 0 Å². The van der Waals surface area contributed by atoms with E-state index < -0.39 is 0 Å². The zero-order valence-electron chi connectivity index (χ0n) is 10.3. The van der Waals surface area contributed by atoms with Gasteiger partial charge >= 0.3 is 0 Å². The molecular formula is C13H18N4. The Bertz CT molecular complexity index is 502. The Hall–Kier alpha value is -1.68. The number of benzene rings is 1. The topological polar surface area (TPSA) is 56.7 Å². The molecule has 0 bridgehead atoms. The fraction of sp³-hybridized carbons (Fsp3) is 0.385. The van der Waals surface area contributed by atoms with Crippen LogP contribution in [-0.2, 0) is 6.42 Å². The highest BCUT2D eigenvalue weighted by molar-refractivity contribution is 5.42. The number of nitrogens with two attached hydrogens (primary N) is 1. The molecule has 0 unspecified atom stereocenters. The van der Waals surface area contributed by atoms with Gasteiger partial charge in [0.2, 0.25) is 0 Å². The molecule has 1 aromatic carbocycles. The van der Waals surface area contributed by atoms with Crippen LogP contribution in [0.1, 0.15) is 23.2 Å². The van der Waals surface area contributed by atoms with Crippen LogP contribution in [0.3, 0.4) is 0 Å². The van der Waals surface area contributed by atoms with Crippen molar-refractivity contribution < 1.29 is 0 Å². The Balaban J connectivity index is 2.27. The fourth-order valence-electron chi connectivity index (χ4n) is 1.78. The Labute approximate surface area is 101 Å². The van der Waals surface area contributed by atoms with Crippen molar-refractivity contribution >= 4 is 0 Å². The largest absolute Gasteiger partial charge is 0.330 e. The molecule has 0 saturated carbocycles. The molecule has 2 rings (SSSR count). The highest BCUT2D eigenvalue weighted by atomic mass is 15.4. The monoisotopic (exact) mass is 230 g/mol. The van der Waals surface area contributed by atoms with E-state index in [9.17, 15) is 0 Å². The molecule has 0 aliphatic rings. The van der Waals surface area contributed by atoms with Gasteiger partial charge in [0.25, 0.3) is 0 Å². The van der Waals surface area contributed by atoms with Gasteiger partial charge in [-0.15, -0.1) is 5.10 Å². The minimum Gasteiger partial charge on any atom is -0.330 e. The number of aromatic nitrogens is 3. The third kappa shape index (κ3) is 2.71. The molecule has 17 heavy (non-hydrogen) atoms. The van der Waals surface area contributed by atoms with Gasteiger partial charge in [-0.05, 0) is 50.4 Å². The third-order valence-electron chi connectivity index (χ3n) is 2.79. The Morgan fingerprint density at radius 3 is 2.88 bits per heavy atom. The van der Waals surface area contributed by atoms with Crippen LogP contribution >= 0.6 is 0 Å². The molecule has 1 heterocycles. The molecule has 2 N–H and O–H groups in total. The number of hydrogen-bond donors (Lipinski definition) is 1. The fourth-order valence-corrected chi connectivity index (χ4v) is 1.78. The van der Waals surface area contributed by atoms with Crippen LogP contribution in [0.25, 0.3) is 5.69 Å². The highest BCUT2D eigenvalue weighted by Crippen LogP contribution is 2.15. The van der Waals surface area contributed by atoms with Crippen LogP contribution < -0.4 is 5.73 Å². The lowest BCUT2D eigenvalue weighted by Crippen LogP contribution is -2.00. The lowest BCUT2D eigenvalue weighted by molar-refractivity contribution is 0.776. The highest BCUT2D eigenvalue weighted by Gasteiger charge is 2.05. The van der Waals surface area contributed by atoms with Crippen LogP contribution in [0.2, 0.25) is 0 Å². The Morgan fingerprint density at radius 2 is 2.12 bits per heavy atom. The maximum absolute atomic E-state index is 5.48. The first kappa shape index (κ1) is 11.8. The molecule has 2 aromatic rings. The Morgan fingerprint density at radius 1 is 1.29 bits per heavy atom. The van der Waals surface area contributed by atoms with Gasteiger partial charge < -0.3 is 5.73 Å². The molecular weight excluding hydrogens is 212 g/mol. The van der Waals surface area contributed by atoms with E-state index in [1.54, 1.807) is 0 Å². The van der Waals surface area contributed by atoms with Gasteiger partial charge in [0.05, 0.1) is 17.6 Å². The summed E-state index contributed by atoms with van der Waals surface area (Å²) in [6.45, 7) is 4.85. The summed E-state index contributed by atoms with van der Waals surface area (Å²) in [5.74, 6) is 0. The van der Waals surface area contributed by atoms with E-state index in [4.69, 9.17) is 5.73 Å². The summed E-state index contributed by atoms with van der Waals surface area (Å²) in [7, 11) is 0. The first-order valence-electron chi connectivity index (χ1n) is 5.89. The second-order valence-electron chi connectivity index (χ2n) is 4.34. The van der Waals surface area contributed by atoms with E-state index in [2.05, 4.69) is 42.4 Å². The van der Waals surface area contributed by atoms with Crippen molar-refractivity contribution in [3.05, 3.63) is 41.2 Å². The molecule has 0 amide bonds. The summed E-state index contributed by atoms with van der Waals surface area (Å²) in [6.07, 6.45) is 3.82. The van der Waals surface area contributed by atoms with Crippen LogP contribution in [-0.4, -0.2) is 21.5 Å². The predicted octanol–water partition coefficient (Wildman–Crippen LogP) is 1.78. The number of aryl methyl sites for hydroxylation is 3. The maximum Gasteiger partial charge on any atom is 0.0832 e. The first-order chi connectivity index (χ1) is 8.20. The zero-order valence-corrected chi connectivity index (χ0v) is 10.3. The van der Waals surface area contributed by atoms with E-state index >= 15 is 0 Å². The molecule has 4 heteroatoms. The molecule has 0 saturated heterocycles. The number of rotatable bonds is 4.